The van der Waals surface area contributed by atoms with Crippen LogP contribution in [0.2, 0.25) is 0 Å². The summed E-state index contributed by atoms with van der Waals surface area (Å²) in [6.07, 6.45) is -1.93. The number of nitrogens with one attached hydrogen (secondary N) is 1. The first-order valence-electron chi connectivity index (χ1n) is 11.1. The third-order valence-electron chi connectivity index (χ3n) is 6.09. The van der Waals surface area contributed by atoms with Crippen LogP contribution in [0.3, 0.4) is 0 Å². The predicted molar refractivity (Wildman–Crippen MR) is 130 cm³/mol. The molecule has 0 bridgehead atoms. The molecule has 0 spiro atoms. The Balaban J connectivity index is 1.49. The molecule has 3 aromatic heterocycles. The number of ether oxygens (including phenoxy) is 1. The summed E-state index contributed by atoms with van der Waals surface area (Å²) in [6, 6.07) is 14.5. The Morgan fingerprint density at radius 3 is 2.53 bits per heavy atom. The highest BCUT2D eigenvalue weighted by Gasteiger charge is 2.34. The molecule has 0 saturated carbocycles. The Labute approximate surface area is 203 Å². The van der Waals surface area contributed by atoms with E-state index >= 15 is 0 Å². The fourth-order valence-electron chi connectivity index (χ4n) is 4.30. The van der Waals surface area contributed by atoms with E-state index in [2.05, 4.69) is 15.0 Å². The van der Waals surface area contributed by atoms with Crippen molar-refractivity contribution >= 4 is 11.0 Å². The lowest BCUT2D eigenvalue weighted by Crippen LogP contribution is -2.17. The number of imidazole rings is 2. The van der Waals surface area contributed by atoms with Gasteiger partial charge >= 0.3 is 11.9 Å². The molecule has 5 rings (SSSR count). The lowest BCUT2D eigenvalue weighted by Gasteiger charge is -2.11. The van der Waals surface area contributed by atoms with Crippen molar-refractivity contribution in [1.29, 1.82) is 0 Å². The minimum Gasteiger partial charge on any atom is -0.496 e. The molecule has 0 aliphatic heterocycles. The van der Waals surface area contributed by atoms with Crippen LogP contribution >= 0.6 is 0 Å². The third kappa shape index (κ3) is 4.15. The van der Waals surface area contributed by atoms with Crippen LogP contribution in [0.1, 0.15) is 16.8 Å². The quantitative estimate of drug-likeness (QED) is 0.366. The van der Waals surface area contributed by atoms with Gasteiger partial charge in [-0.25, -0.2) is 9.78 Å². The van der Waals surface area contributed by atoms with Crippen molar-refractivity contribution < 1.29 is 17.9 Å². The molecule has 0 aliphatic carbocycles. The van der Waals surface area contributed by atoms with Gasteiger partial charge in [-0.1, -0.05) is 36.4 Å². The van der Waals surface area contributed by atoms with Crippen molar-refractivity contribution in [3.63, 3.8) is 0 Å². The Morgan fingerprint density at radius 2 is 1.86 bits per heavy atom. The van der Waals surface area contributed by atoms with E-state index < -0.39 is 11.9 Å². The molecule has 36 heavy (non-hydrogen) atoms. The summed E-state index contributed by atoms with van der Waals surface area (Å²) in [4.78, 5) is 23.8. The second kappa shape index (κ2) is 8.71. The molecule has 0 atom stereocenters. The molecule has 1 N–H and O–H groups in total. The first-order valence-corrected chi connectivity index (χ1v) is 11.1. The number of benzene rings is 2. The summed E-state index contributed by atoms with van der Waals surface area (Å²) in [5.41, 5.74) is 3.91. The van der Waals surface area contributed by atoms with Crippen LogP contribution in [0.4, 0.5) is 13.2 Å². The van der Waals surface area contributed by atoms with Crippen LogP contribution in [-0.2, 0) is 19.8 Å². The number of fused-ring (bicyclic) bond motifs is 1. The van der Waals surface area contributed by atoms with E-state index in [1.807, 2.05) is 31.2 Å². The van der Waals surface area contributed by atoms with Crippen molar-refractivity contribution in [3.8, 4) is 28.4 Å². The molecule has 2 aromatic carbocycles. The molecule has 184 valence electrons. The van der Waals surface area contributed by atoms with Crippen molar-refractivity contribution in [2.24, 2.45) is 7.05 Å². The SMILES string of the molecule is COc1cccc(C)c1-c1cc2c(cn1)[nH]c(=O)n2Cc1ccc(-c2nc(C(F)(F)F)cn2C)cc1. The Kier molecular flexibility index (Phi) is 5.66. The first kappa shape index (κ1) is 23.4. The number of aromatic nitrogens is 5. The number of aromatic amines is 1. The smallest absolute Gasteiger partial charge is 0.434 e. The highest BCUT2D eigenvalue weighted by Crippen LogP contribution is 2.33. The van der Waals surface area contributed by atoms with E-state index in [0.717, 1.165) is 22.9 Å². The normalized spacial score (nSPS) is 11.8. The van der Waals surface area contributed by atoms with Crippen LogP contribution < -0.4 is 10.4 Å². The maximum atomic E-state index is 13.0. The maximum Gasteiger partial charge on any atom is 0.434 e. The molecule has 0 fully saturated rings. The molecule has 7 nitrogen and oxygen atoms in total. The minimum atomic E-state index is -4.51. The number of nitrogens with zero attached hydrogens (tertiary/aromatic N) is 4. The third-order valence-corrected chi connectivity index (χ3v) is 6.09. The van der Waals surface area contributed by atoms with Crippen LogP contribution in [0.15, 0.2) is 65.7 Å². The molecule has 10 heteroatoms. The van der Waals surface area contributed by atoms with Gasteiger partial charge in [-0.05, 0) is 30.2 Å². The molecule has 0 aliphatic rings. The van der Waals surface area contributed by atoms with E-state index in [4.69, 9.17) is 4.74 Å². The Bertz CT molecular complexity index is 1630. The zero-order valence-corrected chi connectivity index (χ0v) is 19.7. The monoisotopic (exact) mass is 493 g/mol. The molecule has 5 aromatic rings. The van der Waals surface area contributed by atoms with Gasteiger partial charge < -0.3 is 14.3 Å². The van der Waals surface area contributed by atoms with E-state index in [-0.39, 0.29) is 18.1 Å². The number of methoxy groups -OCH3 is 1. The lowest BCUT2D eigenvalue weighted by atomic mass is 10.0. The zero-order chi connectivity index (χ0) is 25.6. The summed E-state index contributed by atoms with van der Waals surface area (Å²) >= 11 is 0. The average Bonchev–Trinajstić information content (AvgIpc) is 3.39. The number of hydrogen-bond donors (Lipinski definition) is 1. The molecular formula is C26H22F3N5O2. The lowest BCUT2D eigenvalue weighted by molar-refractivity contribution is -0.140. The van der Waals surface area contributed by atoms with Gasteiger partial charge in [0, 0.05) is 24.4 Å². The summed E-state index contributed by atoms with van der Waals surface area (Å²) in [6.45, 7) is 2.23. The maximum absolute atomic E-state index is 13.0. The molecule has 0 unspecified atom stereocenters. The van der Waals surface area contributed by atoms with Gasteiger partial charge in [-0.15, -0.1) is 0 Å². The highest BCUT2D eigenvalue weighted by molar-refractivity contribution is 5.82. The van der Waals surface area contributed by atoms with Gasteiger partial charge in [0.15, 0.2) is 5.69 Å². The topological polar surface area (TPSA) is 77.7 Å². The first-order chi connectivity index (χ1) is 17.2. The van der Waals surface area contributed by atoms with Gasteiger partial charge in [0.25, 0.3) is 0 Å². The molecule has 0 saturated heterocycles. The number of H-pyrrole nitrogens is 1. The van der Waals surface area contributed by atoms with Gasteiger partial charge in [0.05, 0.1) is 36.6 Å². The molecular weight excluding hydrogens is 471 g/mol. The second-order valence-electron chi connectivity index (χ2n) is 8.51. The van der Waals surface area contributed by atoms with Crippen molar-refractivity contribution in [2.45, 2.75) is 19.6 Å². The van der Waals surface area contributed by atoms with Crippen molar-refractivity contribution in [3.05, 3.63) is 88.2 Å². The standard InChI is InChI=1S/C26H22F3N5O2/c1-15-5-4-6-21(36-3)23(15)18-11-20-19(12-30-18)31-25(35)34(20)13-16-7-9-17(10-8-16)24-32-22(14-33(24)2)26(27,28)29/h4-12,14H,13H2,1-3H3,(H,31,35). The van der Waals surface area contributed by atoms with Crippen molar-refractivity contribution in [1.82, 2.24) is 24.1 Å². The second-order valence-corrected chi connectivity index (χ2v) is 8.51. The largest absolute Gasteiger partial charge is 0.496 e. The molecule has 3 heterocycles. The molecule has 0 radical (unpaired) electrons. The summed E-state index contributed by atoms with van der Waals surface area (Å²) < 4.78 is 47.5. The Morgan fingerprint density at radius 1 is 1.11 bits per heavy atom. The van der Waals surface area contributed by atoms with Gasteiger partial charge in [-0.2, -0.15) is 13.2 Å². The zero-order valence-electron chi connectivity index (χ0n) is 19.7. The fourth-order valence-corrected chi connectivity index (χ4v) is 4.30. The van der Waals surface area contributed by atoms with Crippen LogP contribution in [0.5, 0.6) is 5.75 Å². The number of halogens is 3. The number of pyridine rings is 1. The van der Waals surface area contributed by atoms with E-state index in [1.54, 1.807) is 42.1 Å². The van der Waals surface area contributed by atoms with Gasteiger partial charge in [0.1, 0.15) is 11.6 Å². The fraction of sp³-hybridized carbons (Fsp3) is 0.192. The summed E-state index contributed by atoms with van der Waals surface area (Å²) in [5, 5.41) is 0. The van der Waals surface area contributed by atoms with E-state index in [9.17, 15) is 18.0 Å². The Hall–Kier alpha value is -4.34. The van der Waals surface area contributed by atoms with Gasteiger partial charge in [0.2, 0.25) is 0 Å². The van der Waals surface area contributed by atoms with Crippen molar-refractivity contribution in [2.75, 3.05) is 7.11 Å². The van der Waals surface area contributed by atoms with Crippen LogP contribution in [0.25, 0.3) is 33.7 Å². The summed E-state index contributed by atoms with van der Waals surface area (Å²) in [7, 11) is 3.12. The van der Waals surface area contributed by atoms with Crippen LogP contribution in [-0.4, -0.2) is 31.2 Å². The van der Waals surface area contributed by atoms with E-state index in [0.29, 0.717) is 28.0 Å². The highest BCUT2D eigenvalue weighted by atomic mass is 19.4. The summed E-state index contributed by atoms with van der Waals surface area (Å²) in [5.74, 6) is 0.894. The van der Waals surface area contributed by atoms with Gasteiger partial charge in [-0.3, -0.25) is 9.55 Å². The number of aryl methyl sites for hydroxylation is 2. The minimum absolute atomic E-state index is 0.209. The van der Waals surface area contributed by atoms with E-state index in [1.165, 1.54) is 11.6 Å². The molecule has 0 amide bonds. The number of hydrogen-bond acceptors (Lipinski definition) is 4. The average molecular weight is 493 g/mol. The predicted octanol–water partition coefficient (Wildman–Crippen LogP) is 5.18. The number of rotatable bonds is 5. The number of alkyl halides is 3. The van der Waals surface area contributed by atoms with Crippen LogP contribution in [0, 0.1) is 6.92 Å².